The van der Waals surface area contributed by atoms with Crippen LogP contribution in [0.2, 0.25) is 0 Å². The molecule has 1 aromatic heterocycles. The van der Waals surface area contributed by atoms with Crippen molar-refractivity contribution in [1.82, 2.24) is 10.3 Å². The van der Waals surface area contributed by atoms with E-state index in [9.17, 15) is 19.5 Å². The van der Waals surface area contributed by atoms with Gasteiger partial charge in [0, 0.05) is 45.9 Å². The van der Waals surface area contributed by atoms with Crippen LogP contribution in [0.25, 0.3) is 12.2 Å². The summed E-state index contributed by atoms with van der Waals surface area (Å²) < 4.78 is 21.3. The Morgan fingerprint density at radius 1 is 1.08 bits per heavy atom. The molecule has 8 bridgehead atoms. The Hall–Kier alpha value is -5.91. The largest absolute Gasteiger partial charge is 0.481 e. The van der Waals surface area contributed by atoms with E-state index in [0.29, 0.717) is 52.8 Å². The number of esters is 1. The smallest absolute Gasteiger partial charge is 0.305 e. The molecule has 1 aromatic rings. The number of aromatic amines is 1. The van der Waals surface area contributed by atoms with Crippen molar-refractivity contribution in [3.63, 3.8) is 0 Å². The van der Waals surface area contributed by atoms with Crippen molar-refractivity contribution in [3.05, 3.63) is 111 Å². The van der Waals surface area contributed by atoms with Crippen LogP contribution in [0.5, 0.6) is 5.75 Å². The topological polar surface area (TPSA) is 161 Å². The van der Waals surface area contributed by atoms with Crippen LogP contribution < -0.4 is 20.8 Å². The Morgan fingerprint density at radius 3 is 2.54 bits per heavy atom. The Kier molecular flexibility index (Phi) is 9.92. The van der Waals surface area contributed by atoms with E-state index in [1.807, 2.05) is 51.2 Å². The fraction of sp³-hybridized carbons (Fsp3) is 0.325. The summed E-state index contributed by atoms with van der Waals surface area (Å²) in [6.07, 6.45) is 14.1. The van der Waals surface area contributed by atoms with E-state index in [0.717, 1.165) is 45.0 Å². The number of aliphatic imine (C=N–C) groups is 2. The minimum absolute atomic E-state index is 0.00470. The summed E-state index contributed by atoms with van der Waals surface area (Å²) in [6.45, 7) is 16.5. The van der Waals surface area contributed by atoms with E-state index in [1.54, 1.807) is 6.08 Å². The van der Waals surface area contributed by atoms with Crippen LogP contribution in [0, 0.1) is 24.2 Å². The monoisotopic (exact) mass is 706 g/mol. The first-order valence-electron chi connectivity index (χ1n) is 17.0. The van der Waals surface area contributed by atoms with Crippen molar-refractivity contribution in [2.45, 2.75) is 46.6 Å². The molecule has 4 aliphatic heterocycles. The van der Waals surface area contributed by atoms with Crippen molar-refractivity contribution in [3.8, 4) is 5.75 Å². The number of rotatable bonds is 12. The second kappa shape index (κ2) is 14.4. The molecule has 12 nitrogen and oxygen atoms in total. The van der Waals surface area contributed by atoms with Gasteiger partial charge in [-0.3, -0.25) is 19.4 Å². The number of carbonyl (C=O) groups excluding carboxylic acids is 3. The minimum Gasteiger partial charge on any atom is -0.481 e. The predicted molar refractivity (Wildman–Crippen MR) is 196 cm³/mol. The zero-order valence-corrected chi connectivity index (χ0v) is 29.9. The summed E-state index contributed by atoms with van der Waals surface area (Å²) in [5, 5.41) is 15.1. The van der Waals surface area contributed by atoms with Gasteiger partial charge in [0.25, 0.3) is 18.9 Å². The molecule has 12 heteroatoms. The lowest BCUT2D eigenvalue weighted by molar-refractivity contribution is -0.140. The highest BCUT2D eigenvalue weighted by atomic mass is 16.6. The SMILES string of the molecule is C=CC1=C(C)C2=N/C1=C\C1NC(=C(CCC(=O)OC)C1C)/C=c1\[nH]c(c(C)c1OC(=C)O)=CC1=NC(=C2)C2=CC=C(COC=O)[C@@H](COC=O)[C@]21C. The van der Waals surface area contributed by atoms with Gasteiger partial charge in [0.2, 0.25) is 0 Å². The predicted octanol–water partition coefficient (Wildman–Crippen LogP) is 4.14. The molecule has 4 atom stereocenters. The number of hydrogen-bond donors (Lipinski definition) is 3. The van der Waals surface area contributed by atoms with E-state index >= 15 is 0 Å². The third-order valence-corrected chi connectivity index (χ3v) is 10.6. The van der Waals surface area contributed by atoms with Gasteiger partial charge in [-0.25, -0.2) is 4.99 Å². The van der Waals surface area contributed by atoms with E-state index in [2.05, 4.69) is 36.5 Å². The molecule has 0 fully saturated rings. The Morgan fingerprint density at radius 2 is 1.85 bits per heavy atom. The van der Waals surface area contributed by atoms with Crippen molar-refractivity contribution in [2.75, 3.05) is 20.3 Å². The van der Waals surface area contributed by atoms with Crippen molar-refractivity contribution in [2.24, 2.45) is 27.2 Å². The van der Waals surface area contributed by atoms with Crippen molar-refractivity contribution >= 4 is 42.5 Å². The Balaban J connectivity index is 1.65. The van der Waals surface area contributed by atoms with Crippen molar-refractivity contribution in [1.29, 1.82) is 0 Å². The first-order chi connectivity index (χ1) is 24.9. The normalized spacial score (nSPS) is 26.0. The lowest BCUT2D eigenvalue weighted by Gasteiger charge is -2.39. The number of methoxy groups -OCH3 is 1. The molecule has 0 saturated carbocycles. The van der Waals surface area contributed by atoms with Crippen LogP contribution in [0.3, 0.4) is 0 Å². The first-order valence-corrected chi connectivity index (χ1v) is 17.0. The van der Waals surface area contributed by atoms with E-state index in [-0.39, 0.29) is 37.6 Å². The van der Waals surface area contributed by atoms with Gasteiger partial charge in [-0.05, 0) is 80.4 Å². The van der Waals surface area contributed by atoms with Gasteiger partial charge in [-0.1, -0.05) is 31.7 Å². The fourth-order valence-corrected chi connectivity index (χ4v) is 7.70. The second-order valence-electron chi connectivity index (χ2n) is 13.4. The number of aliphatic hydroxyl groups is 1. The molecule has 0 radical (unpaired) electrons. The summed E-state index contributed by atoms with van der Waals surface area (Å²) in [7, 11) is 1.37. The number of allylic oxidation sites excluding steroid dienone is 7. The maximum absolute atomic E-state index is 12.3. The highest BCUT2D eigenvalue weighted by Gasteiger charge is 2.50. The average Bonchev–Trinajstić information content (AvgIpc) is 3.77. The number of ether oxygens (including phenoxy) is 4. The number of H-pyrrole nitrogens is 1. The summed E-state index contributed by atoms with van der Waals surface area (Å²) in [5.41, 5.74) is 7.87. The minimum atomic E-state index is -0.849. The molecule has 0 amide bonds. The second-order valence-corrected chi connectivity index (χ2v) is 13.4. The number of aliphatic hydroxyl groups excluding tert-OH is 1. The molecule has 5 aliphatic rings. The number of aromatic nitrogens is 1. The maximum atomic E-state index is 12.3. The number of nitrogens with zero attached hydrogens (tertiary/aromatic N) is 2. The lowest BCUT2D eigenvalue weighted by Crippen LogP contribution is -2.41. The molecule has 0 spiro atoms. The maximum Gasteiger partial charge on any atom is 0.305 e. The molecule has 270 valence electrons. The van der Waals surface area contributed by atoms with Gasteiger partial charge in [-0.15, -0.1) is 0 Å². The first kappa shape index (κ1) is 35.9. The number of fused-ring (bicyclic) bond motifs is 9. The molecule has 0 aromatic carbocycles. The lowest BCUT2D eigenvalue weighted by atomic mass is 9.64. The van der Waals surface area contributed by atoms with E-state index in [1.165, 1.54) is 7.11 Å². The van der Waals surface area contributed by atoms with E-state index in [4.69, 9.17) is 28.9 Å². The van der Waals surface area contributed by atoms with Gasteiger partial charge < -0.3 is 34.4 Å². The highest BCUT2D eigenvalue weighted by molar-refractivity contribution is 6.20. The summed E-state index contributed by atoms with van der Waals surface area (Å²) in [5.74, 6) is -0.906. The van der Waals surface area contributed by atoms with Crippen molar-refractivity contribution < 1.29 is 38.4 Å². The summed E-state index contributed by atoms with van der Waals surface area (Å²) in [4.78, 5) is 48.8. The molecule has 0 saturated heterocycles. The summed E-state index contributed by atoms with van der Waals surface area (Å²) >= 11 is 0. The van der Waals surface area contributed by atoms with Gasteiger partial charge in [-0.2, -0.15) is 0 Å². The zero-order chi connectivity index (χ0) is 37.3. The molecule has 6 rings (SSSR count). The third-order valence-electron chi connectivity index (χ3n) is 10.6. The molecular formula is C40H42N4O8. The van der Waals surface area contributed by atoms with Gasteiger partial charge in [0.05, 0.1) is 47.9 Å². The Labute approximate surface area is 301 Å². The quantitative estimate of drug-likeness (QED) is 0.126. The molecule has 2 unspecified atom stereocenters. The third kappa shape index (κ3) is 6.29. The molecule has 5 heterocycles. The highest BCUT2D eigenvalue weighted by Crippen LogP contribution is 2.52. The Bertz CT molecular complexity index is 2150. The van der Waals surface area contributed by atoms with Gasteiger partial charge in [0.15, 0.2) is 5.75 Å². The van der Waals surface area contributed by atoms with Crippen LogP contribution in [-0.4, -0.2) is 66.8 Å². The number of hydrogen-bond acceptors (Lipinski definition) is 11. The fourth-order valence-electron chi connectivity index (χ4n) is 7.70. The molecule has 1 aliphatic carbocycles. The molecule has 52 heavy (non-hydrogen) atoms. The van der Waals surface area contributed by atoms with Crippen LogP contribution in [0.15, 0.2) is 104 Å². The van der Waals surface area contributed by atoms with Crippen LogP contribution in [0.1, 0.15) is 39.2 Å². The molecule has 3 N–H and O–H groups in total. The van der Waals surface area contributed by atoms with Gasteiger partial charge in [0.1, 0.15) is 6.61 Å². The summed E-state index contributed by atoms with van der Waals surface area (Å²) in [6, 6.07) is -0.184. The van der Waals surface area contributed by atoms with Crippen LogP contribution in [0.4, 0.5) is 0 Å². The standard InChI is InChI=1S/C40H42N4O8/c1-8-26-21(2)31-14-35-28-11-9-25(17-50-19-45)29(18-51-20-46)40(28,6)37(44-35)16-32-23(4)39(52-24(5)47)36(43-32)15-34-27(10-12-38(48)49-7)22(3)30(42-34)13-33(26)41-31/h8-9,11,13-16,19-20,22,29-30,42-43,47H,1,5,10,12,17-18H2,2-4,6-7H3/b32-16?,33-13-,35-14?,36-15-/t22?,29-,30?,40+/m1/s1. The average molecular weight is 707 g/mol. The van der Waals surface area contributed by atoms with Gasteiger partial charge >= 0.3 is 5.97 Å². The van der Waals surface area contributed by atoms with Crippen LogP contribution >= 0.6 is 0 Å². The molecular weight excluding hydrogens is 664 g/mol. The number of carbonyl (C=O) groups is 3. The van der Waals surface area contributed by atoms with Crippen LogP contribution in [-0.2, 0) is 28.6 Å². The number of nitrogens with one attached hydrogen (secondary N) is 2. The zero-order valence-electron chi connectivity index (χ0n) is 29.9. The van der Waals surface area contributed by atoms with E-state index < -0.39 is 17.3 Å².